The summed E-state index contributed by atoms with van der Waals surface area (Å²) in [4.78, 5) is 35.9. The molecular formula is C22H18Cl2N4O2S. The van der Waals surface area contributed by atoms with Crippen molar-refractivity contribution in [2.24, 2.45) is 0 Å². The van der Waals surface area contributed by atoms with E-state index in [0.29, 0.717) is 31.8 Å². The number of hydrogen-bond acceptors (Lipinski definition) is 5. The van der Waals surface area contributed by atoms with Crippen LogP contribution >= 0.6 is 34.5 Å². The van der Waals surface area contributed by atoms with Crippen molar-refractivity contribution in [3.05, 3.63) is 79.3 Å². The summed E-state index contributed by atoms with van der Waals surface area (Å²) >= 11 is 13.5. The first-order valence-corrected chi connectivity index (χ1v) is 11.1. The number of amides is 1. The number of anilines is 2. The van der Waals surface area contributed by atoms with Crippen LogP contribution in [0.2, 0.25) is 10.0 Å². The van der Waals surface area contributed by atoms with Crippen LogP contribution in [-0.2, 0) is 11.3 Å². The van der Waals surface area contributed by atoms with E-state index in [4.69, 9.17) is 23.2 Å². The maximum absolute atomic E-state index is 12.9. The molecule has 9 heteroatoms. The third-order valence-corrected chi connectivity index (χ3v) is 6.42. The van der Waals surface area contributed by atoms with Crippen LogP contribution in [0, 0.1) is 13.8 Å². The highest BCUT2D eigenvalue weighted by atomic mass is 35.5. The van der Waals surface area contributed by atoms with Crippen LogP contribution in [0.4, 0.5) is 10.8 Å². The van der Waals surface area contributed by atoms with Gasteiger partial charge in [0.15, 0.2) is 5.13 Å². The maximum atomic E-state index is 12.9. The maximum Gasteiger partial charge on any atom is 0.261 e. The van der Waals surface area contributed by atoms with Gasteiger partial charge in [0.05, 0.1) is 40.2 Å². The Hall–Kier alpha value is -2.74. The Kier molecular flexibility index (Phi) is 5.83. The van der Waals surface area contributed by atoms with Crippen molar-refractivity contribution in [2.45, 2.75) is 27.3 Å². The molecule has 0 saturated heterocycles. The fourth-order valence-electron chi connectivity index (χ4n) is 3.34. The topological polar surface area (TPSA) is 68.1 Å². The van der Waals surface area contributed by atoms with Gasteiger partial charge in [-0.2, -0.15) is 0 Å². The van der Waals surface area contributed by atoms with Gasteiger partial charge >= 0.3 is 0 Å². The second kappa shape index (κ2) is 8.42. The number of aryl methyl sites for hydroxylation is 1. The third kappa shape index (κ3) is 4.08. The lowest BCUT2D eigenvalue weighted by atomic mass is 10.1. The Labute approximate surface area is 192 Å². The summed E-state index contributed by atoms with van der Waals surface area (Å²) in [5, 5.41) is 3.42. The number of benzene rings is 2. The zero-order valence-electron chi connectivity index (χ0n) is 17.0. The van der Waals surface area contributed by atoms with E-state index in [9.17, 15) is 9.59 Å². The van der Waals surface area contributed by atoms with E-state index in [1.54, 1.807) is 17.0 Å². The summed E-state index contributed by atoms with van der Waals surface area (Å²) in [5.74, 6) is -0.136. The van der Waals surface area contributed by atoms with Gasteiger partial charge in [0.2, 0.25) is 5.91 Å². The van der Waals surface area contributed by atoms with E-state index in [2.05, 4.69) is 9.97 Å². The van der Waals surface area contributed by atoms with Crippen molar-refractivity contribution in [3.63, 3.8) is 0 Å². The molecule has 4 rings (SSSR count). The number of fused-ring (bicyclic) bond motifs is 1. The van der Waals surface area contributed by atoms with E-state index >= 15 is 0 Å². The second-order valence-corrected chi connectivity index (χ2v) is 8.84. The smallest absolute Gasteiger partial charge is 0.261 e. The van der Waals surface area contributed by atoms with Crippen LogP contribution in [0.15, 0.2) is 46.8 Å². The van der Waals surface area contributed by atoms with Crippen molar-refractivity contribution in [3.8, 4) is 0 Å². The molecule has 4 aromatic rings. The van der Waals surface area contributed by atoms with Gasteiger partial charge < -0.3 is 0 Å². The first-order valence-electron chi connectivity index (χ1n) is 9.41. The highest BCUT2D eigenvalue weighted by molar-refractivity contribution is 7.14. The lowest BCUT2D eigenvalue weighted by Crippen LogP contribution is -2.24. The summed E-state index contributed by atoms with van der Waals surface area (Å²) in [5.41, 5.74) is 3.69. The summed E-state index contributed by atoms with van der Waals surface area (Å²) < 4.78 is 1.45. The van der Waals surface area contributed by atoms with Gasteiger partial charge in [-0.1, -0.05) is 35.3 Å². The molecule has 0 saturated carbocycles. The molecule has 31 heavy (non-hydrogen) atoms. The fourth-order valence-corrected chi connectivity index (χ4v) is 4.75. The molecule has 0 spiro atoms. The number of carbonyl (C=O) groups excluding carboxylic acids is 1. The van der Waals surface area contributed by atoms with Crippen molar-refractivity contribution >= 4 is 62.2 Å². The molecule has 0 radical (unpaired) electrons. The van der Waals surface area contributed by atoms with Gasteiger partial charge in [-0.15, -0.1) is 11.3 Å². The number of rotatable bonds is 4. The molecule has 0 aliphatic rings. The third-order valence-electron chi connectivity index (χ3n) is 5.04. The average molecular weight is 473 g/mol. The quantitative estimate of drug-likeness (QED) is 0.392. The van der Waals surface area contributed by atoms with Gasteiger partial charge in [-0.25, -0.2) is 9.97 Å². The van der Waals surface area contributed by atoms with Gasteiger partial charge in [-0.3, -0.25) is 19.1 Å². The van der Waals surface area contributed by atoms with Crippen molar-refractivity contribution in [1.29, 1.82) is 0 Å². The molecule has 158 valence electrons. The molecule has 0 aliphatic carbocycles. The minimum Gasteiger partial charge on any atom is -0.293 e. The molecule has 0 atom stereocenters. The average Bonchev–Trinajstić information content (AvgIpc) is 3.15. The summed E-state index contributed by atoms with van der Waals surface area (Å²) in [6.07, 6.45) is 1.44. The Morgan fingerprint density at radius 2 is 2.00 bits per heavy atom. The minimum absolute atomic E-state index is 0.136. The number of carbonyl (C=O) groups is 1. The summed E-state index contributed by atoms with van der Waals surface area (Å²) in [6.45, 7) is 5.70. The molecule has 6 nitrogen and oxygen atoms in total. The van der Waals surface area contributed by atoms with Crippen LogP contribution in [0.3, 0.4) is 0 Å². The molecule has 0 fully saturated rings. The summed E-state index contributed by atoms with van der Waals surface area (Å²) in [7, 11) is 0. The molecule has 2 aromatic carbocycles. The Bertz CT molecular complexity index is 1380. The van der Waals surface area contributed by atoms with Crippen molar-refractivity contribution < 1.29 is 4.79 Å². The van der Waals surface area contributed by atoms with Crippen LogP contribution < -0.4 is 10.5 Å². The zero-order chi connectivity index (χ0) is 22.3. The van der Waals surface area contributed by atoms with E-state index in [1.165, 1.54) is 29.2 Å². The Balaban J connectivity index is 1.71. The van der Waals surface area contributed by atoms with Gasteiger partial charge in [0, 0.05) is 17.3 Å². The summed E-state index contributed by atoms with van der Waals surface area (Å²) in [6, 6.07) is 8.93. The Morgan fingerprint density at radius 3 is 2.74 bits per heavy atom. The highest BCUT2D eigenvalue weighted by Crippen LogP contribution is 2.32. The zero-order valence-corrected chi connectivity index (χ0v) is 19.3. The monoisotopic (exact) mass is 472 g/mol. The molecule has 0 unspecified atom stereocenters. The largest absolute Gasteiger partial charge is 0.293 e. The van der Waals surface area contributed by atoms with E-state index in [1.807, 2.05) is 37.4 Å². The highest BCUT2D eigenvalue weighted by Gasteiger charge is 2.20. The lowest BCUT2D eigenvalue weighted by molar-refractivity contribution is -0.115. The molecule has 0 N–H and O–H groups in total. The van der Waals surface area contributed by atoms with Gasteiger partial charge in [-0.05, 0) is 43.2 Å². The van der Waals surface area contributed by atoms with Crippen LogP contribution in [0.5, 0.6) is 0 Å². The molecule has 0 bridgehead atoms. The van der Waals surface area contributed by atoms with Gasteiger partial charge in [0.25, 0.3) is 5.56 Å². The molecule has 2 aromatic heterocycles. The van der Waals surface area contributed by atoms with Crippen LogP contribution in [-0.4, -0.2) is 20.4 Å². The predicted octanol–water partition coefficient (Wildman–Crippen LogP) is 5.51. The molecular weight excluding hydrogens is 455 g/mol. The van der Waals surface area contributed by atoms with Crippen molar-refractivity contribution in [2.75, 3.05) is 4.90 Å². The Morgan fingerprint density at radius 1 is 1.23 bits per heavy atom. The first-order chi connectivity index (χ1) is 14.8. The number of hydrogen-bond donors (Lipinski definition) is 0. The molecule has 2 heterocycles. The molecule has 1 amide bonds. The normalized spacial score (nSPS) is 11.1. The minimum atomic E-state index is -0.262. The SMILES string of the molecule is CC(=O)N(c1nc(Cn2cnc3c(Cl)cc(Cl)cc3c2=O)cs1)c1cccc(C)c1C. The predicted molar refractivity (Wildman–Crippen MR) is 126 cm³/mol. The number of nitrogens with zero attached hydrogens (tertiary/aromatic N) is 4. The van der Waals surface area contributed by atoms with Gasteiger partial charge in [0.1, 0.15) is 0 Å². The fraction of sp³-hybridized carbons (Fsp3) is 0.182. The lowest BCUT2D eigenvalue weighted by Gasteiger charge is -2.21. The van der Waals surface area contributed by atoms with Crippen LogP contribution in [0.1, 0.15) is 23.7 Å². The first kappa shape index (κ1) is 21.5. The van der Waals surface area contributed by atoms with Crippen LogP contribution in [0.25, 0.3) is 10.9 Å². The number of thiazole rings is 1. The standard InChI is InChI=1S/C22H18Cl2N4O2S/c1-12-5-4-6-19(13(12)2)28(14(3)29)22-26-16(10-31-22)9-27-11-25-20-17(21(27)30)7-15(23)8-18(20)24/h4-8,10-11H,9H2,1-3H3. The second-order valence-electron chi connectivity index (χ2n) is 7.16. The molecule has 0 aliphatic heterocycles. The van der Waals surface area contributed by atoms with E-state index in [0.717, 1.165) is 16.8 Å². The van der Waals surface area contributed by atoms with Crippen molar-refractivity contribution in [1.82, 2.24) is 14.5 Å². The van der Waals surface area contributed by atoms with E-state index in [-0.39, 0.29) is 18.0 Å². The number of aromatic nitrogens is 3. The number of halogens is 2. The van der Waals surface area contributed by atoms with E-state index < -0.39 is 0 Å².